The van der Waals surface area contributed by atoms with E-state index in [1.807, 2.05) is 4.90 Å². The first-order chi connectivity index (χ1) is 14.0. The molecule has 0 radical (unpaired) electrons. The van der Waals surface area contributed by atoms with Crippen LogP contribution in [0.4, 0.5) is 9.93 Å². The summed E-state index contributed by atoms with van der Waals surface area (Å²) in [6, 6.07) is 0. The summed E-state index contributed by atoms with van der Waals surface area (Å²) < 4.78 is 5.02. The van der Waals surface area contributed by atoms with Crippen LogP contribution in [0.1, 0.15) is 30.3 Å². The van der Waals surface area contributed by atoms with Gasteiger partial charge in [-0.3, -0.25) is 14.5 Å². The molecule has 1 saturated heterocycles. The number of carbonyl (C=O) groups excluding carboxylic acids is 3. The summed E-state index contributed by atoms with van der Waals surface area (Å²) in [7, 11) is 0. The molecule has 3 aliphatic rings. The zero-order valence-electron chi connectivity index (χ0n) is 16.7. The van der Waals surface area contributed by atoms with Gasteiger partial charge in [-0.2, -0.15) is 0 Å². The number of hydrogen-bond acceptors (Lipinski definition) is 7. The number of ether oxygens (including phenoxy) is 1. The molecule has 0 bridgehead atoms. The molecule has 1 aliphatic carbocycles. The van der Waals surface area contributed by atoms with E-state index in [-0.39, 0.29) is 23.8 Å². The summed E-state index contributed by atoms with van der Waals surface area (Å²) >= 11 is 1.52. The molecule has 0 spiro atoms. The molecule has 1 N–H and O–H groups in total. The van der Waals surface area contributed by atoms with E-state index >= 15 is 0 Å². The standard InChI is InChI=1S/C19H27N5O4S/c1-2-28-19(27)24-9-7-23(8-10-24)16(25)12-22-6-5-14-15(11-22)29-18(20-14)21-17(26)13-3-4-13/h13H,2-12H2,1H3,(H,20,21,26). The lowest BCUT2D eigenvalue weighted by molar-refractivity contribution is -0.134. The quantitative estimate of drug-likeness (QED) is 0.766. The van der Waals surface area contributed by atoms with Gasteiger partial charge in [-0.15, -0.1) is 11.3 Å². The molecule has 0 atom stereocenters. The minimum Gasteiger partial charge on any atom is -0.450 e. The van der Waals surface area contributed by atoms with Gasteiger partial charge in [-0.05, 0) is 19.8 Å². The van der Waals surface area contributed by atoms with Gasteiger partial charge in [0.25, 0.3) is 0 Å². The van der Waals surface area contributed by atoms with E-state index in [1.165, 1.54) is 11.3 Å². The highest BCUT2D eigenvalue weighted by atomic mass is 32.1. The van der Waals surface area contributed by atoms with E-state index < -0.39 is 0 Å². The van der Waals surface area contributed by atoms with E-state index in [1.54, 1.807) is 11.8 Å². The molecule has 10 heteroatoms. The third-order valence-electron chi connectivity index (χ3n) is 5.51. The second kappa shape index (κ2) is 8.66. The third kappa shape index (κ3) is 4.87. The van der Waals surface area contributed by atoms with Gasteiger partial charge < -0.3 is 19.9 Å². The van der Waals surface area contributed by atoms with Crippen LogP contribution < -0.4 is 5.32 Å². The lowest BCUT2D eigenvalue weighted by Gasteiger charge is -2.35. The zero-order valence-corrected chi connectivity index (χ0v) is 17.5. The fraction of sp³-hybridized carbons (Fsp3) is 0.684. The largest absolute Gasteiger partial charge is 0.450 e. The molecule has 1 aromatic heterocycles. The van der Waals surface area contributed by atoms with Crippen molar-refractivity contribution in [2.75, 3.05) is 51.2 Å². The summed E-state index contributed by atoms with van der Waals surface area (Å²) in [6.45, 7) is 6.06. The molecule has 3 amide bonds. The zero-order chi connectivity index (χ0) is 20.4. The lowest BCUT2D eigenvalue weighted by atomic mass is 10.2. The number of thiazole rings is 1. The van der Waals surface area contributed by atoms with E-state index in [9.17, 15) is 14.4 Å². The summed E-state index contributed by atoms with van der Waals surface area (Å²) in [5.41, 5.74) is 1.04. The van der Waals surface area contributed by atoms with Crippen molar-refractivity contribution in [3.8, 4) is 0 Å². The number of carbonyl (C=O) groups is 3. The maximum atomic E-state index is 12.7. The first-order valence-electron chi connectivity index (χ1n) is 10.2. The van der Waals surface area contributed by atoms with Crippen molar-refractivity contribution in [2.45, 2.75) is 32.7 Å². The van der Waals surface area contributed by atoms with Crippen molar-refractivity contribution in [2.24, 2.45) is 5.92 Å². The highest BCUT2D eigenvalue weighted by Crippen LogP contribution is 2.33. The Morgan fingerprint density at radius 1 is 1.14 bits per heavy atom. The maximum Gasteiger partial charge on any atom is 0.409 e. The summed E-state index contributed by atoms with van der Waals surface area (Å²) in [6.07, 6.45) is 2.43. The third-order valence-corrected chi connectivity index (χ3v) is 6.50. The topological polar surface area (TPSA) is 95.1 Å². The number of fused-ring (bicyclic) bond motifs is 1. The van der Waals surface area contributed by atoms with Crippen LogP contribution in [0.25, 0.3) is 0 Å². The Kier molecular flexibility index (Phi) is 6.00. The van der Waals surface area contributed by atoms with Crippen LogP contribution in [0.2, 0.25) is 0 Å². The fourth-order valence-corrected chi connectivity index (χ4v) is 4.69. The predicted octanol–water partition coefficient (Wildman–Crippen LogP) is 1.15. The van der Waals surface area contributed by atoms with Crippen LogP contribution in [0.5, 0.6) is 0 Å². The Bertz CT molecular complexity index is 786. The molecule has 29 heavy (non-hydrogen) atoms. The van der Waals surface area contributed by atoms with Gasteiger partial charge in [0.1, 0.15) is 0 Å². The Hall–Kier alpha value is -2.20. The smallest absolute Gasteiger partial charge is 0.409 e. The summed E-state index contributed by atoms with van der Waals surface area (Å²) in [5, 5.41) is 3.60. The van der Waals surface area contributed by atoms with E-state index in [0.717, 1.165) is 36.4 Å². The molecule has 1 aromatic rings. The first-order valence-corrected chi connectivity index (χ1v) is 11.1. The Labute approximate surface area is 174 Å². The number of aromatic nitrogens is 1. The number of amides is 3. The van der Waals surface area contributed by atoms with Gasteiger partial charge in [-0.1, -0.05) is 0 Å². The van der Waals surface area contributed by atoms with Crippen molar-refractivity contribution < 1.29 is 19.1 Å². The Morgan fingerprint density at radius 3 is 2.55 bits per heavy atom. The number of rotatable bonds is 5. The molecule has 4 rings (SSSR count). The molecule has 0 unspecified atom stereocenters. The van der Waals surface area contributed by atoms with Crippen LogP contribution in [0, 0.1) is 5.92 Å². The van der Waals surface area contributed by atoms with Gasteiger partial charge in [-0.25, -0.2) is 9.78 Å². The van der Waals surface area contributed by atoms with Crippen LogP contribution in [0.3, 0.4) is 0 Å². The minimum atomic E-state index is -0.307. The van der Waals surface area contributed by atoms with Gasteiger partial charge in [0, 0.05) is 56.5 Å². The van der Waals surface area contributed by atoms with Crippen LogP contribution in [0.15, 0.2) is 0 Å². The molecule has 2 fully saturated rings. The second-order valence-corrected chi connectivity index (χ2v) is 8.76. The van der Waals surface area contributed by atoms with E-state index in [2.05, 4.69) is 15.2 Å². The number of piperazine rings is 1. The molecule has 158 valence electrons. The summed E-state index contributed by atoms with van der Waals surface area (Å²) in [4.78, 5) is 47.7. The number of nitrogens with zero attached hydrogens (tertiary/aromatic N) is 4. The fourth-order valence-electron chi connectivity index (χ4n) is 3.63. The molecule has 9 nitrogen and oxygen atoms in total. The van der Waals surface area contributed by atoms with E-state index in [0.29, 0.717) is 51.0 Å². The lowest BCUT2D eigenvalue weighted by Crippen LogP contribution is -2.53. The van der Waals surface area contributed by atoms with Gasteiger partial charge in [0.05, 0.1) is 18.8 Å². The first kappa shape index (κ1) is 20.1. The number of hydrogen-bond donors (Lipinski definition) is 1. The van der Waals surface area contributed by atoms with Crippen molar-refractivity contribution in [3.63, 3.8) is 0 Å². The van der Waals surface area contributed by atoms with Crippen molar-refractivity contribution >= 4 is 34.4 Å². The monoisotopic (exact) mass is 421 g/mol. The average molecular weight is 422 g/mol. The molecule has 2 aliphatic heterocycles. The molecule has 3 heterocycles. The Balaban J connectivity index is 1.26. The molecular weight excluding hydrogens is 394 g/mol. The molecular formula is C19H27N5O4S. The van der Waals surface area contributed by atoms with Crippen molar-refractivity contribution in [1.29, 1.82) is 0 Å². The highest BCUT2D eigenvalue weighted by Gasteiger charge is 2.31. The highest BCUT2D eigenvalue weighted by molar-refractivity contribution is 7.15. The molecule has 0 aromatic carbocycles. The number of nitrogens with one attached hydrogen (secondary N) is 1. The minimum absolute atomic E-state index is 0.0742. The second-order valence-electron chi connectivity index (χ2n) is 7.68. The van der Waals surface area contributed by atoms with Crippen LogP contribution in [-0.4, -0.2) is 83.5 Å². The molecule has 1 saturated carbocycles. The maximum absolute atomic E-state index is 12.7. The Morgan fingerprint density at radius 2 is 1.86 bits per heavy atom. The average Bonchev–Trinajstić information content (AvgIpc) is 3.49. The van der Waals surface area contributed by atoms with Crippen LogP contribution in [-0.2, 0) is 27.3 Å². The van der Waals surface area contributed by atoms with Crippen molar-refractivity contribution in [1.82, 2.24) is 19.7 Å². The predicted molar refractivity (Wildman–Crippen MR) is 108 cm³/mol. The SMILES string of the molecule is CCOC(=O)N1CCN(C(=O)CN2CCc3nc(NC(=O)C4CC4)sc3C2)CC1. The van der Waals surface area contributed by atoms with Gasteiger partial charge >= 0.3 is 6.09 Å². The normalized spacial score (nSPS) is 19.6. The van der Waals surface area contributed by atoms with Gasteiger partial charge in [0.2, 0.25) is 11.8 Å². The van der Waals surface area contributed by atoms with E-state index in [4.69, 9.17) is 4.74 Å². The van der Waals surface area contributed by atoms with Gasteiger partial charge in [0.15, 0.2) is 5.13 Å². The van der Waals surface area contributed by atoms with Crippen molar-refractivity contribution in [3.05, 3.63) is 10.6 Å². The van der Waals surface area contributed by atoms with Crippen LogP contribution >= 0.6 is 11.3 Å². The summed E-state index contributed by atoms with van der Waals surface area (Å²) in [5.74, 6) is 0.322. The number of anilines is 1.